The Morgan fingerprint density at radius 3 is 2.79 bits per heavy atom. The van der Waals surface area contributed by atoms with Gasteiger partial charge >= 0.3 is 0 Å². The Hall–Kier alpha value is -2.01. The van der Waals surface area contributed by atoms with E-state index in [-0.39, 0.29) is 17.6 Å². The summed E-state index contributed by atoms with van der Waals surface area (Å²) >= 11 is 6.09. The third-order valence-electron chi connectivity index (χ3n) is 4.01. The first-order valence-corrected chi connectivity index (χ1v) is 8.37. The number of aliphatic imine (C=N–C) groups is 1. The summed E-state index contributed by atoms with van der Waals surface area (Å²) in [5, 5.41) is 10.6. The zero-order chi connectivity index (χ0) is 17.9. The third kappa shape index (κ3) is 4.29. The molecule has 1 saturated heterocycles. The van der Waals surface area contributed by atoms with Gasteiger partial charge in [-0.25, -0.2) is 4.99 Å². The minimum absolute atomic E-state index is 0.152. The van der Waals surface area contributed by atoms with Crippen molar-refractivity contribution >= 4 is 35.1 Å². The van der Waals surface area contributed by atoms with E-state index in [4.69, 9.17) is 17.3 Å². The van der Waals surface area contributed by atoms with Crippen LogP contribution in [-0.2, 0) is 4.79 Å². The molecule has 1 aliphatic rings. The van der Waals surface area contributed by atoms with Gasteiger partial charge in [0.05, 0.1) is 17.4 Å². The lowest BCUT2D eigenvalue weighted by atomic mass is 9.93. The number of rotatable bonds is 4. The highest BCUT2D eigenvalue weighted by Gasteiger charge is 2.26. The van der Waals surface area contributed by atoms with Gasteiger partial charge in [0.2, 0.25) is 0 Å². The number of hydrogen-bond donors (Lipinski definition) is 2. The van der Waals surface area contributed by atoms with Crippen LogP contribution in [0.25, 0.3) is 0 Å². The lowest BCUT2D eigenvalue weighted by Crippen LogP contribution is -2.30. The Morgan fingerprint density at radius 2 is 2.17 bits per heavy atom. The Morgan fingerprint density at radius 1 is 1.46 bits per heavy atom. The average molecular weight is 350 g/mol. The molecule has 1 fully saturated rings. The van der Waals surface area contributed by atoms with Crippen LogP contribution in [0.1, 0.15) is 33.6 Å². The lowest BCUT2D eigenvalue weighted by molar-refractivity contribution is -0.108. The van der Waals surface area contributed by atoms with Crippen LogP contribution >= 0.6 is 11.6 Å². The van der Waals surface area contributed by atoms with Gasteiger partial charge in [-0.2, -0.15) is 0 Å². The third-order valence-corrected chi connectivity index (χ3v) is 4.24. The van der Waals surface area contributed by atoms with E-state index in [0.717, 1.165) is 31.4 Å². The van der Waals surface area contributed by atoms with Crippen LogP contribution in [-0.4, -0.2) is 29.8 Å². The SMILES string of the molecule is CC(C)(C)/C(O)=C/C(N)=Nc1cc(Cl)ccc1N1CCC[C@H]1C=O. The number of anilines is 1. The maximum atomic E-state index is 11.3. The molecule has 1 aromatic rings. The van der Waals surface area contributed by atoms with Gasteiger partial charge in [0, 0.05) is 23.1 Å². The Labute approximate surface area is 147 Å². The van der Waals surface area contributed by atoms with Gasteiger partial charge in [0.15, 0.2) is 0 Å². The molecule has 5 nitrogen and oxygen atoms in total. The van der Waals surface area contributed by atoms with Gasteiger partial charge in [0.1, 0.15) is 17.9 Å². The molecule has 1 aliphatic heterocycles. The van der Waals surface area contributed by atoms with Crippen LogP contribution in [0, 0.1) is 5.41 Å². The molecular formula is C18H24ClN3O2. The number of nitrogens with zero attached hydrogens (tertiary/aromatic N) is 2. The van der Waals surface area contributed by atoms with Crippen LogP contribution in [0.2, 0.25) is 5.02 Å². The van der Waals surface area contributed by atoms with E-state index in [1.807, 2.05) is 31.7 Å². The first-order valence-electron chi connectivity index (χ1n) is 7.99. The smallest absolute Gasteiger partial charge is 0.142 e. The molecule has 1 heterocycles. The summed E-state index contributed by atoms with van der Waals surface area (Å²) in [5.41, 5.74) is 6.97. The summed E-state index contributed by atoms with van der Waals surface area (Å²) in [6.45, 7) is 6.44. The van der Waals surface area contributed by atoms with E-state index in [9.17, 15) is 9.90 Å². The van der Waals surface area contributed by atoms with E-state index in [1.165, 1.54) is 6.08 Å². The van der Waals surface area contributed by atoms with Gasteiger partial charge in [0.25, 0.3) is 0 Å². The van der Waals surface area contributed by atoms with E-state index in [2.05, 4.69) is 4.99 Å². The molecule has 0 amide bonds. The molecule has 0 unspecified atom stereocenters. The van der Waals surface area contributed by atoms with Gasteiger partial charge in [-0.15, -0.1) is 0 Å². The van der Waals surface area contributed by atoms with Gasteiger partial charge in [-0.05, 0) is 31.0 Å². The normalized spacial score (nSPS) is 19.7. The maximum Gasteiger partial charge on any atom is 0.142 e. The summed E-state index contributed by atoms with van der Waals surface area (Å²) in [6.07, 6.45) is 4.19. The van der Waals surface area contributed by atoms with Gasteiger partial charge in [-0.1, -0.05) is 32.4 Å². The first-order chi connectivity index (χ1) is 11.2. The highest BCUT2D eigenvalue weighted by Crippen LogP contribution is 2.35. The van der Waals surface area contributed by atoms with Crippen molar-refractivity contribution in [3.8, 4) is 0 Å². The number of halogens is 1. The lowest BCUT2D eigenvalue weighted by Gasteiger charge is -2.24. The monoisotopic (exact) mass is 349 g/mol. The van der Waals surface area contributed by atoms with Crippen molar-refractivity contribution in [2.75, 3.05) is 11.4 Å². The number of carbonyl (C=O) groups excluding carboxylic acids is 1. The minimum atomic E-state index is -0.408. The molecule has 2 rings (SSSR count). The zero-order valence-corrected chi connectivity index (χ0v) is 15.0. The largest absolute Gasteiger partial charge is 0.512 e. The fraction of sp³-hybridized carbons (Fsp3) is 0.444. The Kier molecular flexibility index (Phi) is 5.54. The number of nitrogens with two attached hydrogens (primary N) is 1. The van der Waals surface area contributed by atoms with Crippen molar-refractivity contribution in [3.63, 3.8) is 0 Å². The summed E-state index contributed by atoms with van der Waals surface area (Å²) < 4.78 is 0. The minimum Gasteiger partial charge on any atom is -0.512 e. The predicted octanol–water partition coefficient (Wildman–Crippen LogP) is 3.98. The van der Waals surface area contributed by atoms with Crippen LogP contribution in [0.3, 0.4) is 0 Å². The highest BCUT2D eigenvalue weighted by molar-refractivity contribution is 6.31. The number of hydrogen-bond acceptors (Lipinski definition) is 4. The zero-order valence-electron chi connectivity index (χ0n) is 14.3. The topological polar surface area (TPSA) is 78.9 Å². The van der Waals surface area contributed by atoms with Crippen molar-refractivity contribution in [2.45, 2.75) is 39.7 Å². The van der Waals surface area contributed by atoms with Crippen molar-refractivity contribution in [2.24, 2.45) is 16.1 Å². The molecule has 0 spiro atoms. The van der Waals surface area contributed by atoms with E-state index >= 15 is 0 Å². The van der Waals surface area contributed by atoms with Crippen molar-refractivity contribution in [1.82, 2.24) is 0 Å². The second-order valence-electron chi connectivity index (χ2n) is 6.99. The van der Waals surface area contributed by atoms with Crippen LogP contribution in [0.5, 0.6) is 0 Å². The van der Waals surface area contributed by atoms with E-state index in [1.54, 1.807) is 12.1 Å². The molecule has 0 bridgehead atoms. The van der Waals surface area contributed by atoms with Gasteiger partial charge < -0.3 is 20.5 Å². The maximum absolute atomic E-state index is 11.3. The number of amidine groups is 1. The fourth-order valence-electron chi connectivity index (χ4n) is 2.59. The molecule has 24 heavy (non-hydrogen) atoms. The second-order valence-corrected chi connectivity index (χ2v) is 7.42. The molecule has 1 atom stereocenters. The molecule has 1 aromatic carbocycles. The predicted molar refractivity (Wildman–Crippen MR) is 99.3 cm³/mol. The molecule has 0 radical (unpaired) electrons. The van der Waals surface area contributed by atoms with Crippen LogP contribution < -0.4 is 10.6 Å². The first kappa shape index (κ1) is 18.3. The van der Waals surface area contributed by atoms with Gasteiger partial charge in [-0.3, -0.25) is 0 Å². The molecule has 6 heteroatoms. The second kappa shape index (κ2) is 7.26. The van der Waals surface area contributed by atoms with Crippen LogP contribution in [0.4, 0.5) is 11.4 Å². The highest BCUT2D eigenvalue weighted by atomic mass is 35.5. The average Bonchev–Trinajstić information content (AvgIpc) is 2.94. The number of aldehydes is 1. The number of benzene rings is 1. The van der Waals surface area contributed by atoms with Crippen LogP contribution in [0.15, 0.2) is 35.0 Å². The fourth-order valence-corrected chi connectivity index (χ4v) is 2.76. The summed E-state index contributed by atoms with van der Waals surface area (Å²) in [4.78, 5) is 17.7. The molecule has 0 aromatic heterocycles. The van der Waals surface area contributed by atoms with Crippen molar-refractivity contribution in [3.05, 3.63) is 35.1 Å². The quantitative estimate of drug-likeness (QED) is 0.373. The standard InChI is InChI=1S/C18H24ClN3O2/c1-18(2,3)16(24)10-17(20)21-14-9-12(19)6-7-15(14)22-8-4-5-13(22)11-23/h6-7,9-11,13,24H,4-5,8H2,1-3H3,(H2,20,21)/b16-10-/t13-/m0/s1. The molecular weight excluding hydrogens is 326 g/mol. The number of aliphatic hydroxyl groups excluding tert-OH is 1. The molecule has 3 N–H and O–H groups in total. The number of allylic oxidation sites excluding steroid dienone is 1. The molecule has 0 aliphatic carbocycles. The van der Waals surface area contributed by atoms with E-state index < -0.39 is 5.41 Å². The molecule has 130 valence electrons. The van der Waals surface area contributed by atoms with Crippen molar-refractivity contribution in [1.29, 1.82) is 0 Å². The Bertz CT molecular complexity index is 677. The summed E-state index contributed by atoms with van der Waals surface area (Å²) in [7, 11) is 0. The number of carbonyl (C=O) groups is 1. The Balaban J connectivity index is 2.41. The number of aliphatic hydroxyl groups is 1. The molecule has 0 saturated carbocycles. The van der Waals surface area contributed by atoms with Crippen molar-refractivity contribution < 1.29 is 9.90 Å². The summed E-state index contributed by atoms with van der Waals surface area (Å²) in [5.74, 6) is 0.340. The summed E-state index contributed by atoms with van der Waals surface area (Å²) in [6, 6.07) is 5.18. The van der Waals surface area contributed by atoms with E-state index in [0.29, 0.717) is 10.7 Å².